The molecule has 8 heteroatoms. The number of anilines is 1. The van der Waals surface area contributed by atoms with Gasteiger partial charge < -0.3 is 10.1 Å². The summed E-state index contributed by atoms with van der Waals surface area (Å²) in [6, 6.07) is 0. The van der Waals surface area contributed by atoms with Crippen LogP contribution in [0.25, 0.3) is 0 Å². The van der Waals surface area contributed by atoms with Crippen molar-refractivity contribution < 1.29 is 9.53 Å². The van der Waals surface area contributed by atoms with Gasteiger partial charge in [-0.05, 0) is 6.42 Å². The average molecular weight is 267 g/mol. The van der Waals surface area contributed by atoms with Crippen LogP contribution in [0.15, 0.2) is 18.6 Å². The molecule has 2 aromatic heterocycles. The monoisotopic (exact) mass is 267 g/mol. The first-order valence-electron chi connectivity index (χ1n) is 5.41. The van der Waals surface area contributed by atoms with Crippen LogP contribution in [-0.2, 0) is 11.3 Å². The van der Waals surface area contributed by atoms with Gasteiger partial charge in [-0.15, -0.1) is 5.10 Å². The maximum absolute atomic E-state index is 11.2. The first-order chi connectivity index (χ1) is 8.79. The Morgan fingerprint density at radius 2 is 2.50 bits per heavy atom. The zero-order valence-corrected chi connectivity index (χ0v) is 10.7. The van der Waals surface area contributed by atoms with E-state index in [4.69, 9.17) is 0 Å². The van der Waals surface area contributed by atoms with Gasteiger partial charge in [0, 0.05) is 19.3 Å². The lowest BCUT2D eigenvalue weighted by atomic mass is 10.4. The predicted molar refractivity (Wildman–Crippen MR) is 66.6 cm³/mol. The molecule has 0 radical (unpaired) electrons. The number of nitrogens with zero attached hydrogens (tertiary/aromatic N) is 4. The standard InChI is InChI=1S/C10H13N5O2S/c1-17-9(16)8-7-12-10(18-8)11-3-2-5-15-6-4-13-14-15/h4,6-7H,2-3,5H2,1H3,(H,11,12). The third-order valence-corrected chi connectivity index (χ3v) is 3.14. The Morgan fingerprint density at radius 3 is 3.22 bits per heavy atom. The van der Waals surface area contributed by atoms with E-state index in [9.17, 15) is 4.79 Å². The molecule has 0 spiro atoms. The summed E-state index contributed by atoms with van der Waals surface area (Å²) in [7, 11) is 1.35. The highest BCUT2D eigenvalue weighted by Crippen LogP contribution is 2.18. The number of aryl methyl sites for hydroxylation is 1. The Bertz CT molecular complexity index is 496. The molecule has 2 heterocycles. The van der Waals surface area contributed by atoms with Gasteiger partial charge in [-0.2, -0.15) is 0 Å². The lowest BCUT2D eigenvalue weighted by Gasteiger charge is -2.02. The topological polar surface area (TPSA) is 81.9 Å². The lowest BCUT2D eigenvalue weighted by molar-refractivity contribution is 0.0606. The number of hydrogen-bond acceptors (Lipinski definition) is 7. The van der Waals surface area contributed by atoms with Crippen LogP contribution in [0.4, 0.5) is 5.13 Å². The Morgan fingerprint density at radius 1 is 1.61 bits per heavy atom. The Hall–Kier alpha value is -1.96. The van der Waals surface area contributed by atoms with Crippen LogP contribution in [0.5, 0.6) is 0 Å². The van der Waals surface area contributed by atoms with E-state index in [0.717, 1.165) is 19.5 Å². The van der Waals surface area contributed by atoms with Gasteiger partial charge in [-0.3, -0.25) is 4.68 Å². The summed E-state index contributed by atoms with van der Waals surface area (Å²) in [6.45, 7) is 1.55. The van der Waals surface area contributed by atoms with Crippen LogP contribution in [0.3, 0.4) is 0 Å². The number of hydrogen-bond donors (Lipinski definition) is 1. The average Bonchev–Trinajstić information content (AvgIpc) is 3.05. The van der Waals surface area contributed by atoms with Crippen LogP contribution in [0, 0.1) is 0 Å². The Balaban J connectivity index is 1.73. The highest BCUT2D eigenvalue weighted by Gasteiger charge is 2.09. The van der Waals surface area contributed by atoms with Crippen LogP contribution in [0.1, 0.15) is 16.1 Å². The van der Waals surface area contributed by atoms with E-state index >= 15 is 0 Å². The number of nitrogens with one attached hydrogen (secondary N) is 1. The Kier molecular flexibility index (Phi) is 4.24. The zero-order chi connectivity index (χ0) is 12.8. The van der Waals surface area contributed by atoms with E-state index in [0.29, 0.717) is 10.0 Å². The number of rotatable bonds is 6. The van der Waals surface area contributed by atoms with Gasteiger partial charge in [0.2, 0.25) is 0 Å². The summed E-state index contributed by atoms with van der Waals surface area (Å²) >= 11 is 1.28. The quantitative estimate of drug-likeness (QED) is 0.621. The first-order valence-corrected chi connectivity index (χ1v) is 6.23. The number of esters is 1. The largest absolute Gasteiger partial charge is 0.465 e. The summed E-state index contributed by atoms with van der Waals surface area (Å²) in [5.41, 5.74) is 0. The van der Waals surface area contributed by atoms with Gasteiger partial charge in [0.15, 0.2) is 5.13 Å². The van der Waals surface area contributed by atoms with Crippen molar-refractivity contribution >= 4 is 22.4 Å². The van der Waals surface area contributed by atoms with Crippen molar-refractivity contribution in [1.29, 1.82) is 0 Å². The number of thiazole rings is 1. The van der Waals surface area contributed by atoms with Gasteiger partial charge in [-0.25, -0.2) is 9.78 Å². The lowest BCUT2D eigenvalue weighted by Crippen LogP contribution is -2.07. The molecule has 0 aliphatic rings. The van der Waals surface area contributed by atoms with Gasteiger partial charge in [0.25, 0.3) is 0 Å². The molecule has 18 heavy (non-hydrogen) atoms. The number of ether oxygens (including phenoxy) is 1. The van der Waals surface area contributed by atoms with E-state index in [2.05, 4.69) is 25.3 Å². The number of carbonyl (C=O) groups excluding carboxylic acids is 1. The van der Waals surface area contributed by atoms with Crippen molar-refractivity contribution in [2.24, 2.45) is 0 Å². The van der Waals surface area contributed by atoms with Gasteiger partial charge in [0.05, 0.1) is 19.5 Å². The van der Waals surface area contributed by atoms with Crippen LogP contribution < -0.4 is 5.32 Å². The molecule has 0 aromatic carbocycles. The fraction of sp³-hybridized carbons (Fsp3) is 0.400. The van der Waals surface area contributed by atoms with E-state index in [1.165, 1.54) is 24.6 Å². The summed E-state index contributed by atoms with van der Waals surface area (Å²) in [5, 5.41) is 11.4. The minimum absolute atomic E-state index is 0.358. The van der Waals surface area contributed by atoms with Crippen molar-refractivity contribution in [2.75, 3.05) is 19.0 Å². The van der Waals surface area contributed by atoms with Crippen molar-refractivity contribution in [3.05, 3.63) is 23.5 Å². The number of carbonyl (C=O) groups is 1. The van der Waals surface area contributed by atoms with E-state index in [-0.39, 0.29) is 5.97 Å². The highest BCUT2D eigenvalue weighted by atomic mass is 32.1. The Labute approximate surface area is 108 Å². The second-order valence-corrected chi connectivity index (χ2v) is 4.50. The number of aromatic nitrogens is 4. The molecule has 0 aliphatic heterocycles. The van der Waals surface area contributed by atoms with Crippen molar-refractivity contribution in [3.63, 3.8) is 0 Å². The zero-order valence-electron chi connectivity index (χ0n) is 9.87. The van der Waals surface area contributed by atoms with Crippen LogP contribution in [0.2, 0.25) is 0 Å². The van der Waals surface area contributed by atoms with Crippen molar-refractivity contribution in [2.45, 2.75) is 13.0 Å². The maximum atomic E-state index is 11.2. The normalized spacial score (nSPS) is 10.3. The summed E-state index contributed by atoms with van der Waals surface area (Å²) in [4.78, 5) is 15.8. The summed E-state index contributed by atoms with van der Waals surface area (Å²) < 4.78 is 6.38. The van der Waals surface area contributed by atoms with Gasteiger partial charge >= 0.3 is 5.97 Å². The molecule has 0 atom stereocenters. The van der Waals surface area contributed by atoms with Crippen LogP contribution in [-0.4, -0.2) is 39.6 Å². The minimum atomic E-state index is -0.358. The van der Waals surface area contributed by atoms with Crippen LogP contribution >= 0.6 is 11.3 Å². The van der Waals surface area contributed by atoms with E-state index < -0.39 is 0 Å². The molecule has 0 amide bonds. The van der Waals surface area contributed by atoms with E-state index in [1.54, 1.807) is 10.9 Å². The summed E-state index contributed by atoms with van der Waals surface area (Å²) in [5.74, 6) is -0.358. The molecule has 0 aliphatic carbocycles. The van der Waals surface area contributed by atoms with Gasteiger partial charge in [-0.1, -0.05) is 16.6 Å². The summed E-state index contributed by atoms with van der Waals surface area (Å²) in [6.07, 6.45) is 5.88. The third kappa shape index (κ3) is 3.27. The highest BCUT2D eigenvalue weighted by molar-refractivity contribution is 7.17. The molecule has 2 rings (SSSR count). The molecule has 2 aromatic rings. The molecule has 7 nitrogen and oxygen atoms in total. The third-order valence-electron chi connectivity index (χ3n) is 2.20. The molecule has 0 unspecified atom stereocenters. The van der Waals surface area contributed by atoms with Crippen molar-refractivity contribution in [3.8, 4) is 0 Å². The number of methoxy groups -OCH3 is 1. The van der Waals surface area contributed by atoms with Gasteiger partial charge in [0.1, 0.15) is 4.88 Å². The molecule has 0 saturated carbocycles. The predicted octanol–water partition coefficient (Wildman–Crippen LogP) is 1.02. The smallest absolute Gasteiger partial charge is 0.349 e. The maximum Gasteiger partial charge on any atom is 0.349 e. The molecular formula is C10H13N5O2S. The molecule has 96 valence electrons. The minimum Gasteiger partial charge on any atom is -0.465 e. The van der Waals surface area contributed by atoms with E-state index in [1.807, 2.05) is 6.20 Å². The molecule has 0 saturated heterocycles. The van der Waals surface area contributed by atoms with Crippen molar-refractivity contribution in [1.82, 2.24) is 20.0 Å². The molecular weight excluding hydrogens is 254 g/mol. The molecule has 0 bridgehead atoms. The second-order valence-electron chi connectivity index (χ2n) is 3.47. The molecule has 0 fully saturated rings. The fourth-order valence-electron chi connectivity index (χ4n) is 1.34. The SMILES string of the molecule is COC(=O)c1cnc(NCCCn2ccnn2)s1. The fourth-order valence-corrected chi connectivity index (χ4v) is 2.10. The second kappa shape index (κ2) is 6.10. The first kappa shape index (κ1) is 12.5. The molecule has 1 N–H and O–H groups in total.